The van der Waals surface area contributed by atoms with Crippen molar-refractivity contribution in [1.82, 2.24) is 14.9 Å². The van der Waals surface area contributed by atoms with Crippen molar-refractivity contribution < 1.29 is 0 Å². The van der Waals surface area contributed by atoms with E-state index in [2.05, 4.69) is 39.7 Å². The SMILES string of the molecule is Cc1cc2c(N3CC4CCCN4CC3C)nc(Cl)nc2s1. The molecule has 0 spiro atoms. The smallest absolute Gasteiger partial charge is 0.225 e. The first-order chi connectivity index (χ1) is 10.1. The normalized spacial score (nSPS) is 26.5. The van der Waals surface area contributed by atoms with E-state index in [1.54, 1.807) is 11.3 Å². The van der Waals surface area contributed by atoms with Crippen LogP contribution in [0.5, 0.6) is 0 Å². The molecule has 4 rings (SSSR count). The van der Waals surface area contributed by atoms with E-state index in [1.165, 1.54) is 24.3 Å². The molecule has 0 aromatic carbocycles. The summed E-state index contributed by atoms with van der Waals surface area (Å²) < 4.78 is 0. The zero-order valence-electron chi connectivity index (χ0n) is 12.3. The lowest BCUT2D eigenvalue weighted by Crippen LogP contribution is -2.55. The van der Waals surface area contributed by atoms with Gasteiger partial charge in [0.2, 0.25) is 5.28 Å². The average Bonchev–Trinajstić information content (AvgIpc) is 3.01. The number of rotatable bonds is 1. The van der Waals surface area contributed by atoms with E-state index in [4.69, 9.17) is 11.6 Å². The number of halogens is 1. The number of hydrogen-bond acceptors (Lipinski definition) is 5. The van der Waals surface area contributed by atoms with Crippen molar-refractivity contribution in [3.8, 4) is 0 Å². The lowest BCUT2D eigenvalue weighted by atomic mass is 10.1. The summed E-state index contributed by atoms with van der Waals surface area (Å²) >= 11 is 7.85. The fourth-order valence-electron chi connectivity index (χ4n) is 3.70. The van der Waals surface area contributed by atoms with E-state index in [1.807, 2.05) is 0 Å². The van der Waals surface area contributed by atoms with Gasteiger partial charge in [0.05, 0.1) is 5.39 Å². The Morgan fingerprint density at radius 1 is 1.33 bits per heavy atom. The highest BCUT2D eigenvalue weighted by Gasteiger charge is 2.35. The van der Waals surface area contributed by atoms with E-state index < -0.39 is 0 Å². The molecule has 0 aliphatic carbocycles. The molecule has 0 saturated carbocycles. The molecule has 0 radical (unpaired) electrons. The second-order valence-corrected chi connectivity index (χ2v) is 7.76. The molecule has 21 heavy (non-hydrogen) atoms. The first-order valence-electron chi connectivity index (χ1n) is 7.56. The maximum atomic E-state index is 6.16. The number of fused-ring (bicyclic) bond motifs is 2. The average molecular weight is 323 g/mol. The van der Waals surface area contributed by atoms with Crippen LogP contribution in [0.2, 0.25) is 5.28 Å². The van der Waals surface area contributed by atoms with Crippen LogP contribution in [-0.4, -0.2) is 46.6 Å². The van der Waals surface area contributed by atoms with Gasteiger partial charge in [-0.1, -0.05) is 0 Å². The summed E-state index contributed by atoms with van der Waals surface area (Å²) in [6, 6.07) is 3.33. The Bertz CT molecular complexity index is 686. The molecular weight excluding hydrogens is 304 g/mol. The largest absolute Gasteiger partial charge is 0.350 e. The molecule has 2 aliphatic rings. The second kappa shape index (κ2) is 5.07. The van der Waals surface area contributed by atoms with Crippen molar-refractivity contribution in [2.24, 2.45) is 0 Å². The van der Waals surface area contributed by atoms with Crippen LogP contribution >= 0.6 is 22.9 Å². The maximum absolute atomic E-state index is 6.16. The van der Waals surface area contributed by atoms with Gasteiger partial charge in [0.25, 0.3) is 0 Å². The van der Waals surface area contributed by atoms with Crippen molar-refractivity contribution in [1.29, 1.82) is 0 Å². The van der Waals surface area contributed by atoms with E-state index >= 15 is 0 Å². The number of aromatic nitrogens is 2. The summed E-state index contributed by atoms with van der Waals surface area (Å²) in [5, 5.41) is 1.51. The van der Waals surface area contributed by atoms with E-state index in [9.17, 15) is 0 Å². The highest BCUT2D eigenvalue weighted by atomic mass is 35.5. The summed E-state index contributed by atoms with van der Waals surface area (Å²) in [4.78, 5) is 16.3. The van der Waals surface area contributed by atoms with Gasteiger partial charge in [-0.05, 0) is 50.9 Å². The van der Waals surface area contributed by atoms with Gasteiger partial charge in [-0.2, -0.15) is 4.98 Å². The van der Waals surface area contributed by atoms with Crippen LogP contribution in [0.3, 0.4) is 0 Å². The van der Waals surface area contributed by atoms with Crippen molar-refractivity contribution in [2.45, 2.75) is 38.8 Å². The highest BCUT2D eigenvalue weighted by molar-refractivity contribution is 7.18. The predicted octanol–water partition coefficient (Wildman–Crippen LogP) is 3.33. The number of hydrogen-bond donors (Lipinski definition) is 0. The third-order valence-corrected chi connectivity index (χ3v) is 5.79. The lowest BCUT2D eigenvalue weighted by molar-refractivity contribution is 0.202. The van der Waals surface area contributed by atoms with Gasteiger partial charge in [0.15, 0.2) is 0 Å². The van der Waals surface area contributed by atoms with Crippen LogP contribution in [0.1, 0.15) is 24.6 Å². The van der Waals surface area contributed by atoms with Crippen LogP contribution < -0.4 is 4.90 Å². The summed E-state index contributed by atoms with van der Waals surface area (Å²) in [5.41, 5.74) is 0. The molecule has 4 heterocycles. The van der Waals surface area contributed by atoms with Crippen LogP contribution in [0.15, 0.2) is 6.07 Å². The molecule has 2 saturated heterocycles. The summed E-state index contributed by atoms with van der Waals surface area (Å²) in [7, 11) is 0. The number of nitrogens with zero attached hydrogens (tertiary/aromatic N) is 4. The van der Waals surface area contributed by atoms with E-state index in [-0.39, 0.29) is 0 Å². The number of anilines is 1. The summed E-state index contributed by atoms with van der Waals surface area (Å²) in [6.07, 6.45) is 2.62. The Hall–Kier alpha value is -0.910. The second-order valence-electron chi connectivity index (χ2n) is 6.18. The third-order valence-electron chi connectivity index (χ3n) is 4.68. The topological polar surface area (TPSA) is 32.3 Å². The molecule has 2 aliphatic heterocycles. The Morgan fingerprint density at radius 3 is 3.05 bits per heavy atom. The van der Waals surface area contributed by atoms with Crippen LogP contribution in [0.25, 0.3) is 10.2 Å². The molecule has 6 heteroatoms. The van der Waals surface area contributed by atoms with Gasteiger partial charge in [0.1, 0.15) is 10.6 Å². The van der Waals surface area contributed by atoms with E-state index in [0.717, 1.165) is 29.1 Å². The molecule has 2 atom stereocenters. The fraction of sp³-hybridized carbons (Fsp3) is 0.600. The van der Waals surface area contributed by atoms with Gasteiger partial charge >= 0.3 is 0 Å². The number of piperazine rings is 1. The fourth-order valence-corrected chi connectivity index (χ4v) is 4.79. The zero-order chi connectivity index (χ0) is 14.6. The summed E-state index contributed by atoms with van der Waals surface area (Å²) in [6.45, 7) is 7.83. The quantitative estimate of drug-likeness (QED) is 0.754. The van der Waals surface area contributed by atoms with E-state index in [0.29, 0.717) is 17.4 Å². The molecular formula is C15H19ClN4S. The lowest BCUT2D eigenvalue weighted by Gasteiger charge is -2.43. The van der Waals surface area contributed by atoms with Gasteiger partial charge < -0.3 is 4.90 Å². The molecule has 2 unspecified atom stereocenters. The van der Waals surface area contributed by atoms with Crippen molar-refractivity contribution in [2.75, 3.05) is 24.5 Å². The monoisotopic (exact) mass is 322 g/mol. The first kappa shape index (κ1) is 13.7. The van der Waals surface area contributed by atoms with Gasteiger partial charge in [-0.25, -0.2) is 4.98 Å². The Balaban J connectivity index is 1.78. The minimum Gasteiger partial charge on any atom is -0.350 e. The van der Waals surface area contributed by atoms with Gasteiger partial charge in [-0.15, -0.1) is 11.3 Å². The highest BCUT2D eigenvalue weighted by Crippen LogP contribution is 2.35. The third kappa shape index (κ3) is 2.31. The van der Waals surface area contributed by atoms with Crippen LogP contribution in [-0.2, 0) is 0 Å². The Kier molecular flexibility index (Phi) is 3.32. The summed E-state index contributed by atoms with van der Waals surface area (Å²) in [5.74, 6) is 1.02. The van der Waals surface area contributed by atoms with Gasteiger partial charge in [-0.3, -0.25) is 4.90 Å². The molecule has 2 fully saturated rings. The molecule has 0 N–H and O–H groups in total. The molecule has 2 aromatic rings. The van der Waals surface area contributed by atoms with Crippen LogP contribution in [0.4, 0.5) is 5.82 Å². The number of aryl methyl sites for hydroxylation is 1. The van der Waals surface area contributed by atoms with Gasteiger partial charge in [0, 0.05) is 30.1 Å². The molecule has 4 nitrogen and oxygen atoms in total. The minimum absolute atomic E-state index is 0.361. The Labute approximate surface area is 133 Å². The molecule has 2 aromatic heterocycles. The standard InChI is InChI=1S/C15H19ClN4S/c1-9-7-19-5-3-4-11(19)8-20(9)13-12-6-10(2)21-14(12)18-15(16)17-13/h6,9,11H,3-5,7-8H2,1-2H3. The van der Waals surface area contributed by atoms with Crippen LogP contribution in [0, 0.1) is 6.92 Å². The van der Waals surface area contributed by atoms with Crippen molar-refractivity contribution in [3.05, 3.63) is 16.2 Å². The molecule has 0 amide bonds. The minimum atomic E-state index is 0.361. The zero-order valence-corrected chi connectivity index (χ0v) is 13.9. The van der Waals surface area contributed by atoms with Crippen molar-refractivity contribution in [3.63, 3.8) is 0 Å². The molecule has 0 bridgehead atoms. The first-order valence-corrected chi connectivity index (χ1v) is 8.75. The predicted molar refractivity (Wildman–Crippen MR) is 88.6 cm³/mol. The maximum Gasteiger partial charge on any atom is 0.225 e. The molecule has 112 valence electrons. The Morgan fingerprint density at radius 2 is 2.19 bits per heavy atom. The number of thiophene rings is 1. The van der Waals surface area contributed by atoms with Crippen molar-refractivity contribution >= 4 is 39.0 Å².